The maximum Gasteiger partial charge on any atom is 0.0345 e. The van der Waals surface area contributed by atoms with Gasteiger partial charge in [0, 0.05) is 12.2 Å². The number of anilines is 1. The molecule has 1 aromatic carbocycles. The van der Waals surface area contributed by atoms with Gasteiger partial charge in [-0.25, -0.2) is 0 Å². The van der Waals surface area contributed by atoms with Crippen molar-refractivity contribution in [1.82, 2.24) is 0 Å². The standard InChI is InChI=1S/C13H17N/c1-3-8-14-12-7-4-10(2)13(9-12)11-5-6-11/h3-4,7,9,11,14H,1,5-6,8H2,2H3. The number of benzene rings is 1. The van der Waals surface area contributed by atoms with Gasteiger partial charge >= 0.3 is 0 Å². The first-order valence-corrected chi connectivity index (χ1v) is 5.26. The normalized spacial score (nSPS) is 15.2. The van der Waals surface area contributed by atoms with Crippen molar-refractivity contribution in [3.63, 3.8) is 0 Å². The molecule has 0 saturated heterocycles. The number of nitrogens with one attached hydrogen (secondary N) is 1. The Morgan fingerprint density at radius 3 is 2.93 bits per heavy atom. The van der Waals surface area contributed by atoms with Crippen LogP contribution >= 0.6 is 0 Å². The summed E-state index contributed by atoms with van der Waals surface area (Å²) < 4.78 is 0. The lowest BCUT2D eigenvalue weighted by molar-refractivity contribution is 1.10. The van der Waals surface area contributed by atoms with Crippen LogP contribution in [-0.4, -0.2) is 6.54 Å². The van der Waals surface area contributed by atoms with Crippen molar-refractivity contribution >= 4 is 5.69 Å². The van der Waals surface area contributed by atoms with Gasteiger partial charge in [-0.3, -0.25) is 0 Å². The predicted molar refractivity (Wildman–Crippen MR) is 61.8 cm³/mol. The lowest BCUT2D eigenvalue weighted by Crippen LogP contribution is -1.98. The van der Waals surface area contributed by atoms with Crippen LogP contribution in [0.15, 0.2) is 30.9 Å². The molecule has 14 heavy (non-hydrogen) atoms. The third-order valence-electron chi connectivity index (χ3n) is 2.75. The first-order chi connectivity index (χ1) is 6.81. The van der Waals surface area contributed by atoms with Gasteiger partial charge in [-0.05, 0) is 48.9 Å². The van der Waals surface area contributed by atoms with Crippen molar-refractivity contribution in [3.8, 4) is 0 Å². The number of hydrogen-bond donors (Lipinski definition) is 1. The van der Waals surface area contributed by atoms with Gasteiger partial charge in [0.25, 0.3) is 0 Å². The van der Waals surface area contributed by atoms with E-state index < -0.39 is 0 Å². The van der Waals surface area contributed by atoms with E-state index in [1.807, 2.05) is 6.08 Å². The Hall–Kier alpha value is -1.24. The first-order valence-electron chi connectivity index (χ1n) is 5.26. The number of hydrogen-bond acceptors (Lipinski definition) is 1. The summed E-state index contributed by atoms with van der Waals surface area (Å²) in [5, 5.41) is 3.33. The van der Waals surface area contributed by atoms with Crippen molar-refractivity contribution in [3.05, 3.63) is 42.0 Å². The molecule has 0 aliphatic heterocycles. The molecule has 1 N–H and O–H groups in total. The minimum atomic E-state index is 0.834. The molecule has 74 valence electrons. The molecule has 2 rings (SSSR count). The second kappa shape index (κ2) is 3.87. The van der Waals surface area contributed by atoms with Crippen molar-refractivity contribution in [2.45, 2.75) is 25.7 Å². The Labute approximate surface area is 85.8 Å². The van der Waals surface area contributed by atoms with E-state index in [9.17, 15) is 0 Å². The molecule has 1 aliphatic carbocycles. The smallest absolute Gasteiger partial charge is 0.0345 e. The Balaban J connectivity index is 2.17. The molecular weight excluding hydrogens is 170 g/mol. The number of rotatable bonds is 4. The highest BCUT2D eigenvalue weighted by molar-refractivity contribution is 5.50. The average molecular weight is 187 g/mol. The summed E-state index contributed by atoms with van der Waals surface area (Å²) in [6.45, 7) is 6.74. The van der Waals surface area contributed by atoms with Crippen molar-refractivity contribution in [2.24, 2.45) is 0 Å². The summed E-state index contributed by atoms with van der Waals surface area (Å²) in [4.78, 5) is 0. The van der Waals surface area contributed by atoms with Crippen molar-refractivity contribution < 1.29 is 0 Å². The van der Waals surface area contributed by atoms with Crippen LogP contribution < -0.4 is 5.32 Å². The van der Waals surface area contributed by atoms with E-state index in [1.54, 1.807) is 0 Å². The van der Waals surface area contributed by atoms with Crippen LogP contribution in [0.5, 0.6) is 0 Å². The summed E-state index contributed by atoms with van der Waals surface area (Å²) in [5.74, 6) is 0.834. The van der Waals surface area contributed by atoms with Gasteiger partial charge in [0.05, 0.1) is 0 Å². The SMILES string of the molecule is C=CCNc1ccc(C)c(C2CC2)c1. The van der Waals surface area contributed by atoms with Crippen molar-refractivity contribution in [1.29, 1.82) is 0 Å². The highest BCUT2D eigenvalue weighted by Crippen LogP contribution is 2.42. The Bertz CT molecular complexity index is 337. The molecule has 1 heteroatoms. The fourth-order valence-corrected chi connectivity index (χ4v) is 1.77. The van der Waals surface area contributed by atoms with E-state index in [0.717, 1.165) is 12.5 Å². The van der Waals surface area contributed by atoms with E-state index in [-0.39, 0.29) is 0 Å². The van der Waals surface area contributed by atoms with Gasteiger partial charge in [-0.15, -0.1) is 6.58 Å². The summed E-state index contributed by atoms with van der Waals surface area (Å²) in [6.07, 6.45) is 4.62. The Kier molecular flexibility index (Phi) is 2.58. The van der Waals surface area contributed by atoms with Gasteiger partial charge in [-0.2, -0.15) is 0 Å². The van der Waals surface area contributed by atoms with Gasteiger partial charge < -0.3 is 5.32 Å². The molecule has 0 spiro atoms. The predicted octanol–water partition coefficient (Wildman–Crippen LogP) is 3.47. The van der Waals surface area contributed by atoms with E-state index in [2.05, 4.69) is 37.0 Å². The van der Waals surface area contributed by atoms with Crippen LogP contribution in [0.25, 0.3) is 0 Å². The molecule has 1 nitrogen and oxygen atoms in total. The third-order valence-corrected chi connectivity index (χ3v) is 2.75. The highest BCUT2D eigenvalue weighted by Gasteiger charge is 2.24. The van der Waals surface area contributed by atoms with E-state index >= 15 is 0 Å². The Morgan fingerprint density at radius 2 is 2.29 bits per heavy atom. The van der Waals surface area contributed by atoms with E-state index in [0.29, 0.717) is 0 Å². The largest absolute Gasteiger partial charge is 0.382 e. The topological polar surface area (TPSA) is 12.0 Å². The van der Waals surface area contributed by atoms with Gasteiger partial charge in [0.2, 0.25) is 0 Å². The van der Waals surface area contributed by atoms with Crippen molar-refractivity contribution in [2.75, 3.05) is 11.9 Å². The summed E-state index contributed by atoms with van der Waals surface area (Å²) in [7, 11) is 0. The maximum absolute atomic E-state index is 3.70. The minimum Gasteiger partial charge on any atom is -0.382 e. The second-order valence-corrected chi connectivity index (χ2v) is 4.02. The van der Waals surface area contributed by atoms with E-state index in [1.165, 1.54) is 29.7 Å². The summed E-state index contributed by atoms with van der Waals surface area (Å²) in [5.41, 5.74) is 4.17. The average Bonchev–Trinajstić information content (AvgIpc) is 3.00. The minimum absolute atomic E-state index is 0.834. The summed E-state index contributed by atoms with van der Waals surface area (Å²) >= 11 is 0. The van der Waals surface area contributed by atoms with Crippen LogP contribution in [0.3, 0.4) is 0 Å². The van der Waals surface area contributed by atoms with Crippen LogP contribution in [0, 0.1) is 6.92 Å². The molecule has 0 bridgehead atoms. The van der Waals surface area contributed by atoms with Gasteiger partial charge in [-0.1, -0.05) is 12.1 Å². The molecule has 1 fully saturated rings. The molecule has 0 heterocycles. The second-order valence-electron chi connectivity index (χ2n) is 4.02. The van der Waals surface area contributed by atoms with Gasteiger partial charge in [0.15, 0.2) is 0 Å². The zero-order chi connectivity index (χ0) is 9.97. The first kappa shape index (κ1) is 9.32. The highest BCUT2D eigenvalue weighted by atomic mass is 14.8. The fraction of sp³-hybridized carbons (Fsp3) is 0.385. The zero-order valence-electron chi connectivity index (χ0n) is 8.72. The maximum atomic E-state index is 3.70. The zero-order valence-corrected chi connectivity index (χ0v) is 8.72. The third kappa shape index (κ3) is 1.98. The van der Waals surface area contributed by atoms with Crippen LogP contribution in [-0.2, 0) is 0 Å². The molecule has 1 aromatic rings. The molecule has 0 radical (unpaired) electrons. The molecule has 1 saturated carbocycles. The molecule has 0 aromatic heterocycles. The molecule has 1 aliphatic rings. The fourth-order valence-electron chi connectivity index (χ4n) is 1.77. The lowest BCUT2D eigenvalue weighted by atomic mass is 10.0. The van der Waals surface area contributed by atoms with Gasteiger partial charge in [0.1, 0.15) is 0 Å². The summed E-state index contributed by atoms with van der Waals surface area (Å²) in [6, 6.07) is 6.64. The van der Waals surface area contributed by atoms with Crippen LogP contribution in [0.1, 0.15) is 29.9 Å². The molecular formula is C13H17N. The Morgan fingerprint density at radius 1 is 1.50 bits per heavy atom. The monoisotopic (exact) mass is 187 g/mol. The van der Waals surface area contributed by atoms with Crippen LogP contribution in [0.2, 0.25) is 0 Å². The molecule has 0 atom stereocenters. The van der Waals surface area contributed by atoms with E-state index in [4.69, 9.17) is 0 Å². The lowest BCUT2D eigenvalue weighted by Gasteiger charge is -2.08. The molecule has 0 unspecified atom stereocenters. The number of aryl methyl sites for hydroxylation is 1. The quantitative estimate of drug-likeness (QED) is 0.712. The molecule has 0 amide bonds. The van der Waals surface area contributed by atoms with Crippen LogP contribution in [0.4, 0.5) is 5.69 Å².